The van der Waals surface area contributed by atoms with Crippen LogP contribution in [0.1, 0.15) is 57.9 Å². The van der Waals surface area contributed by atoms with E-state index in [1.807, 2.05) is 18.2 Å². The molecule has 3 N–H and O–H groups in total. The molecule has 2 saturated carbocycles. The second kappa shape index (κ2) is 10.9. The molecular weight excluding hydrogens is 336 g/mol. The molecule has 1 aromatic carbocycles. The molecule has 4 nitrogen and oxygen atoms in total. The molecule has 1 aromatic rings. The van der Waals surface area contributed by atoms with Gasteiger partial charge in [0, 0.05) is 6.54 Å². The first-order valence-electron chi connectivity index (χ1n) is 10.7. The van der Waals surface area contributed by atoms with Gasteiger partial charge in [-0.25, -0.2) is 0 Å². The first kappa shape index (κ1) is 22.0. The Morgan fingerprint density at radius 1 is 1.19 bits per heavy atom. The maximum atomic E-state index is 5.45. The van der Waals surface area contributed by atoms with Gasteiger partial charge in [0.1, 0.15) is 0 Å². The standard InChI is InChI=1S/C13H25N.C10H15NO2/c1-3-14-10-13-6-4-5-12(9-13)7-11(2)8-13;1-12-9-4-3-8(5-6-11)7-10(9)13-2/h11-12,14H,3-10H2,1-2H3;3-4,7H,5-6,11H2,1-2H3. The van der Waals surface area contributed by atoms with Crippen molar-refractivity contribution >= 4 is 0 Å². The van der Waals surface area contributed by atoms with Crippen LogP contribution in [0.4, 0.5) is 0 Å². The van der Waals surface area contributed by atoms with Crippen LogP contribution >= 0.6 is 0 Å². The molecule has 0 saturated heterocycles. The van der Waals surface area contributed by atoms with Crippen molar-refractivity contribution in [2.75, 3.05) is 33.9 Å². The maximum absolute atomic E-state index is 5.45. The highest BCUT2D eigenvalue weighted by Gasteiger charge is 2.41. The number of rotatable bonds is 7. The minimum absolute atomic E-state index is 0.648. The third kappa shape index (κ3) is 6.39. The number of hydrogen-bond acceptors (Lipinski definition) is 4. The molecule has 3 unspecified atom stereocenters. The summed E-state index contributed by atoms with van der Waals surface area (Å²) in [6.07, 6.45) is 9.86. The molecule has 0 spiro atoms. The van der Waals surface area contributed by atoms with Crippen LogP contribution in [0, 0.1) is 17.3 Å². The van der Waals surface area contributed by atoms with E-state index in [4.69, 9.17) is 15.2 Å². The van der Waals surface area contributed by atoms with Crippen LogP contribution in [0.25, 0.3) is 0 Å². The Labute approximate surface area is 166 Å². The third-order valence-corrected chi connectivity index (χ3v) is 6.19. The molecule has 2 fully saturated rings. The minimum Gasteiger partial charge on any atom is -0.493 e. The van der Waals surface area contributed by atoms with Crippen molar-refractivity contribution in [2.45, 2.75) is 58.8 Å². The van der Waals surface area contributed by atoms with Crippen molar-refractivity contribution < 1.29 is 9.47 Å². The fourth-order valence-electron chi connectivity index (χ4n) is 5.19. The molecule has 2 aliphatic rings. The zero-order valence-corrected chi connectivity index (χ0v) is 17.9. The van der Waals surface area contributed by atoms with Gasteiger partial charge in [-0.1, -0.05) is 32.8 Å². The summed E-state index contributed by atoms with van der Waals surface area (Å²) in [5.74, 6) is 3.55. The molecule has 3 atom stereocenters. The molecule has 0 radical (unpaired) electrons. The van der Waals surface area contributed by atoms with Crippen LogP contribution in [0.15, 0.2) is 18.2 Å². The quantitative estimate of drug-likeness (QED) is 0.740. The van der Waals surface area contributed by atoms with Gasteiger partial charge >= 0.3 is 0 Å². The molecule has 154 valence electrons. The van der Waals surface area contributed by atoms with Crippen molar-refractivity contribution in [3.05, 3.63) is 23.8 Å². The number of benzene rings is 1. The average molecular weight is 377 g/mol. The highest BCUT2D eigenvalue weighted by Crippen LogP contribution is 2.50. The minimum atomic E-state index is 0.648. The highest BCUT2D eigenvalue weighted by molar-refractivity contribution is 5.42. The summed E-state index contributed by atoms with van der Waals surface area (Å²) < 4.78 is 10.3. The lowest BCUT2D eigenvalue weighted by Gasteiger charge is -2.48. The van der Waals surface area contributed by atoms with Crippen LogP contribution in [0.3, 0.4) is 0 Å². The van der Waals surface area contributed by atoms with Gasteiger partial charge in [-0.05, 0) is 80.1 Å². The van der Waals surface area contributed by atoms with E-state index in [0.717, 1.165) is 36.3 Å². The summed E-state index contributed by atoms with van der Waals surface area (Å²) >= 11 is 0. The molecule has 2 aliphatic carbocycles. The Balaban J connectivity index is 0.000000194. The summed E-state index contributed by atoms with van der Waals surface area (Å²) in [7, 11) is 3.25. The van der Waals surface area contributed by atoms with Gasteiger partial charge in [-0.2, -0.15) is 0 Å². The Hall–Kier alpha value is -1.26. The van der Waals surface area contributed by atoms with Crippen LogP contribution < -0.4 is 20.5 Å². The number of nitrogens with one attached hydrogen (secondary N) is 1. The molecule has 0 aromatic heterocycles. The molecular formula is C23H40N2O2. The van der Waals surface area contributed by atoms with Gasteiger partial charge in [0.15, 0.2) is 11.5 Å². The van der Waals surface area contributed by atoms with E-state index in [1.54, 1.807) is 14.2 Å². The predicted molar refractivity (Wildman–Crippen MR) is 114 cm³/mol. The average Bonchev–Trinajstić information content (AvgIpc) is 2.66. The molecule has 27 heavy (non-hydrogen) atoms. The fraction of sp³-hybridized carbons (Fsp3) is 0.739. The molecule has 0 amide bonds. The summed E-state index contributed by atoms with van der Waals surface area (Å²) in [5.41, 5.74) is 7.31. The Morgan fingerprint density at radius 3 is 2.63 bits per heavy atom. The highest BCUT2D eigenvalue weighted by atomic mass is 16.5. The SMILES string of the molecule is CCNCC12CCCC(CC(C)C1)C2.COc1ccc(CCN)cc1OC. The van der Waals surface area contributed by atoms with Gasteiger partial charge in [0.2, 0.25) is 0 Å². The van der Waals surface area contributed by atoms with Crippen molar-refractivity contribution in [3.8, 4) is 11.5 Å². The second-order valence-electron chi connectivity index (χ2n) is 8.52. The van der Waals surface area contributed by atoms with E-state index in [9.17, 15) is 0 Å². The van der Waals surface area contributed by atoms with E-state index in [2.05, 4.69) is 19.2 Å². The summed E-state index contributed by atoms with van der Waals surface area (Å²) in [6.45, 7) is 7.75. The van der Waals surface area contributed by atoms with E-state index in [-0.39, 0.29) is 0 Å². The van der Waals surface area contributed by atoms with Gasteiger partial charge in [-0.15, -0.1) is 0 Å². The zero-order chi connectivity index (χ0) is 19.7. The van der Waals surface area contributed by atoms with E-state index < -0.39 is 0 Å². The topological polar surface area (TPSA) is 56.5 Å². The lowest BCUT2D eigenvalue weighted by atomic mass is 9.59. The van der Waals surface area contributed by atoms with Crippen molar-refractivity contribution in [1.29, 1.82) is 0 Å². The van der Waals surface area contributed by atoms with E-state index in [1.165, 1.54) is 50.6 Å². The van der Waals surface area contributed by atoms with E-state index >= 15 is 0 Å². The fourth-order valence-corrected chi connectivity index (χ4v) is 5.19. The Bertz CT molecular complexity index is 559. The van der Waals surface area contributed by atoms with Gasteiger partial charge < -0.3 is 20.5 Å². The van der Waals surface area contributed by atoms with Crippen molar-refractivity contribution in [3.63, 3.8) is 0 Å². The molecule has 4 heteroatoms. The molecule has 0 heterocycles. The summed E-state index contributed by atoms with van der Waals surface area (Å²) in [6, 6.07) is 5.84. The van der Waals surface area contributed by atoms with Crippen molar-refractivity contribution in [2.24, 2.45) is 23.0 Å². The van der Waals surface area contributed by atoms with Crippen LogP contribution in [0.2, 0.25) is 0 Å². The summed E-state index contributed by atoms with van der Waals surface area (Å²) in [5, 5.41) is 3.58. The molecule has 0 aliphatic heterocycles. The largest absolute Gasteiger partial charge is 0.493 e. The Kier molecular flexibility index (Phi) is 8.91. The van der Waals surface area contributed by atoms with Gasteiger partial charge in [-0.3, -0.25) is 0 Å². The normalized spacial score (nSPS) is 26.7. The number of methoxy groups -OCH3 is 2. The predicted octanol–water partition coefficient (Wildman–Crippen LogP) is 4.41. The Morgan fingerprint density at radius 2 is 1.96 bits per heavy atom. The van der Waals surface area contributed by atoms with Crippen LogP contribution in [-0.4, -0.2) is 33.9 Å². The monoisotopic (exact) mass is 376 g/mol. The maximum Gasteiger partial charge on any atom is 0.160 e. The first-order valence-corrected chi connectivity index (χ1v) is 10.7. The number of nitrogens with two attached hydrogens (primary N) is 1. The van der Waals surface area contributed by atoms with Gasteiger partial charge in [0.25, 0.3) is 0 Å². The number of ether oxygens (including phenoxy) is 2. The third-order valence-electron chi connectivity index (χ3n) is 6.19. The first-order chi connectivity index (χ1) is 13.1. The zero-order valence-electron chi connectivity index (χ0n) is 17.9. The number of hydrogen-bond donors (Lipinski definition) is 2. The molecule has 2 bridgehead atoms. The van der Waals surface area contributed by atoms with Gasteiger partial charge in [0.05, 0.1) is 14.2 Å². The summed E-state index contributed by atoms with van der Waals surface area (Å²) in [4.78, 5) is 0. The van der Waals surface area contributed by atoms with Crippen LogP contribution in [-0.2, 0) is 6.42 Å². The van der Waals surface area contributed by atoms with E-state index in [0.29, 0.717) is 12.0 Å². The van der Waals surface area contributed by atoms with Crippen LogP contribution in [0.5, 0.6) is 11.5 Å². The molecule has 3 rings (SSSR count). The number of fused-ring (bicyclic) bond motifs is 2. The second-order valence-corrected chi connectivity index (χ2v) is 8.52. The lowest BCUT2D eigenvalue weighted by Crippen LogP contribution is -2.43. The smallest absolute Gasteiger partial charge is 0.160 e. The van der Waals surface area contributed by atoms with Crippen molar-refractivity contribution in [1.82, 2.24) is 5.32 Å². The lowest BCUT2D eigenvalue weighted by molar-refractivity contribution is 0.0459.